The molecule has 8 nitrogen and oxygen atoms in total. The number of alkyl halides is 1. The summed E-state index contributed by atoms with van der Waals surface area (Å²) in [6, 6.07) is 8.31. The van der Waals surface area contributed by atoms with Crippen LogP contribution in [0.1, 0.15) is 66.5 Å². The summed E-state index contributed by atoms with van der Waals surface area (Å²) < 4.78 is 33.4. The van der Waals surface area contributed by atoms with Gasteiger partial charge in [-0.1, -0.05) is 6.07 Å². The van der Waals surface area contributed by atoms with E-state index in [9.17, 15) is 9.65 Å². The lowest BCUT2D eigenvalue weighted by molar-refractivity contribution is -0.0855. The molecule has 0 amide bonds. The number of benzene rings is 1. The van der Waals surface area contributed by atoms with Gasteiger partial charge in [-0.05, 0) is 56.7 Å². The Balaban J connectivity index is 1.27. The van der Waals surface area contributed by atoms with Crippen LogP contribution in [-0.2, 0) is 34.5 Å². The van der Waals surface area contributed by atoms with Crippen molar-refractivity contribution in [2.45, 2.75) is 75.3 Å². The van der Waals surface area contributed by atoms with Gasteiger partial charge in [0.15, 0.2) is 0 Å². The van der Waals surface area contributed by atoms with Crippen LogP contribution in [0, 0.1) is 11.3 Å². The minimum Gasteiger partial charge on any atom is -0.476 e. The van der Waals surface area contributed by atoms with Crippen LogP contribution in [0.4, 0.5) is 15.8 Å². The third-order valence-electron chi connectivity index (χ3n) is 9.84. The molecule has 1 aromatic heterocycles. The Morgan fingerprint density at radius 1 is 1.18 bits per heavy atom. The van der Waals surface area contributed by atoms with E-state index in [1.807, 2.05) is 12.1 Å². The second-order valence-corrected chi connectivity index (χ2v) is 12.2. The zero-order chi connectivity index (χ0) is 27.3. The molecule has 7 rings (SSSR count). The van der Waals surface area contributed by atoms with Crippen molar-refractivity contribution in [3.8, 4) is 11.9 Å². The van der Waals surface area contributed by atoms with E-state index >= 15 is 0 Å². The fraction of sp³-hybridized carbons (Fsp3) is 0.613. The average Bonchev–Trinajstić information content (AvgIpc) is 3.33. The molecule has 0 bridgehead atoms. The van der Waals surface area contributed by atoms with E-state index in [1.165, 1.54) is 0 Å². The Hall–Kier alpha value is -2.93. The van der Waals surface area contributed by atoms with Gasteiger partial charge in [0, 0.05) is 67.7 Å². The van der Waals surface area contributed by atoms with Crippen molar-refractivity contribution < 1.29 is 18.6 Å². The zero-order valence-corrected chi connectivity index (χ0v) is 23.1. The van der Waals surface area contributed by atoms with Gasteiger partial charge >= 0.3 is 0 Å². The van der Waals surface area contributed by atoms with Crippen molar-refractivity contribution in [2.24, 2.45) is 0 Å². The number of fused-ring (bicyclic) bond motifs is 4. The molecule has 1 aromatic carbocycles. The number of nitrogens with zero attached hydrogens (tertiary/aromatic N) is 4. The summed E-state index contributed by atoms with van der Waals surface area (Å²) in [5.41, 5.74) is 11.6. The Bertz CT molecular complexity index is 1340. The van der Waals surface area contributed by atoms with E-state index in [1.54, 1.807) is 0 Å². The minimum atomic E-state index is -0.793. The summed E-state index contributed by atoms with van der Waals surface area (Å²) in [5, 5.41) is 10.1. The lowest BCUT2D eigenvalue weighted by Gasteiger charge is -2.43. The maximum absolute atomic E-state index is 14.4. The Morgan fingerprint density at radius 2 is 2.10 bits per heavy atom. The van der Waals surface area contributed by atoms with Crippen molar-refractivity contribution in [3.05, 3.63) is 46.1 Å². The van der Waals surface area contributed by atoms with Crippen molar-refractivity contribution in [2.75, 3.05) is 56.6 Å². The van der Waals surface area contributed by atoms with Gasteiger partial charge in [0.2, 0.25) is 5.88 Å². The van der Waals surface area contributed by atoms with Gasteiger partial charge in [-0.2, -0.15) is 5.26 Å². The smallest absolute Gasteiger partial charge is 0.215 e. The first-order valence-electron chi connectivity index (χ1n) is 14.8. The molecule has 4 aliphatic heterocycles. The van der Waals surface area contributed by atoms with Gasteiger partial charge in [-0.3, -0.25) is 4.90 Å². The van der Waals surface area contributed by atoms with E-state index in [-0.39, 0.29) is 5.54 Å². The third kappa shape index (κ3) is 4.32. The molecule has 3 fully saturated rings. The molecular formula is C31H38FN5O3. The molecule has 5 heterocycles. The Labute approximate surface area is 235 Å². The number of hydrogen-bond donors (Lipinski definition) is 1. The lowest BCUT2D eigenvalue weighted by Crippen LogP contribution is -2.43. The van der Waals surface area contributed by atoms with Crippen LogP contribution in [0.25, 0.3) is 0 Å². The third-order valence-corrected chi connectivity index (χ3v) is 9.84. The van der Waals surface area contributed by atoms with Crippen molar-refractivity contribution in [1.82, 2.24) is 9.88 Å². The molecule has 212 valence electrons. The number of aryl methyl sites for hydroxylation is 1. The topological polar surface area (TPSA) is 96.9 Å². The molecular weight excluding hydrogens is 509 g/mol. The van der Waals surface area contributed by atoms with Gasteiger partial charge in [-0.25, -0.2) is 9.37 Å². The van der Waals surface area contributed by atoms with Crippen LogP contribution in [0.3, 0.4) is 0 Å². The first-order chi connectivity index (χ1) is 19.5. The number of halogens is 1. The lowest BCUT2D eigenvalue weighted by atomic mass is 9.72. The Morgan fingerprint density at radius 3 is 3.00 bits per heavy atom. The number of nitrogens with two attached hydrogens (primary N) is 1. The summed E-state index contributed by atoms with van der Waals surface area (Å²) in [7, 11) is 0. The number of ether oxygens (including phenoxy) is 3. The van der Waals surface area contributed by atoms with E-state index in [0.29, 0.717) is 56.3 Å². The van der Waals surface area contributed by atoms with Gasteiger partial charge in [0.25, 0.3) is 0 Å². The molecule has 3 atom stereocenters. The predicted molar refractivity (Wildman–Crippen MR) is 149 cm³/mol. The van der Waals surface area contributed by atoms with Crippen molar-refractivity contribution in [1.29, 1.82) is 5.26 Å². The number of hydrogen-bond acceptors (Lipinski definition) is 8. The van der Waals surface area contributed by atoms with Crippen LogP contribution in [0.15, 0.2) is 18.2 Å². The largest absolute Gasteiger partial charge is 0.476 e. The summed E-state index contributed by atoms with van der Waals surface area (Å²) in [4.78, 5) is 9.74. The van der Waals surface area contributed by atoms with E-state index in [4.69, 9.17) is 24.9 Å². The maximum Gasteiger partial charge on any atom is 0.215 e. The second-order valence-electron chi connectivity index (χ2n) is 12.2. The maximum atomic E-state index is 14.4. The SMILES string of the molecule is N#Cc1c(N)ccc2c1C1(CCC2)Cc2nc(OCC34CCCN3CC(F)C4)cc(N3CCCOCC3)c2CO1. The minimum absolute atomic E-state index is 0.237. The van der Waals surface area contributed by atoms with Crippen LogP contribution < -0.4 is 15.4 Å². The molecule has 0 saturated carbocycles. The molecule has 3 unspecified atom stereocenters. The molecule has 2 N–H and O–H groups in total. The molecule has 40 heavy (non-hydrogen) atoms. The molecule has 9 heteroatoms. The average molecular weight is 548 g/mol. The molecule has 5 aliphatic rings. The van der Waals surface area contributed by atoms with Crippen LogP contribution in [0.2, 0.25) is 0 Å². The van der Waals surface area contributed by atoms with Gasteiger partial charge in [0.05, 0.1) is 30.0 Å². The Kier molecular flexibility index (Phi) is 6.61. The first kappa shape index (κ1) is 26.0. The predicted octanol–water partition coefficient (Wildman–Crippen LogP) is 4.02. The highest BCUT2D eigenvalue weighted by Crippen LogP contribution is 2.49. The van der Waals surface area contributed by atoms with Gasteiger partial charge < -0.3 is 24.8 Å². The van der Waals surface area contributed by atoms with E-state index in [2.05, 4.69) is 21.9 Å². The quantitative estimate of drug-likeness (QED) is 0.574. The van der Waals surface area contributed by atoms with Crippen LogP contribution >= 0.6 is 0 Å². The molecule has 3 saturated heterocycles. The highest BCUT2D eigenvalue weighted by molar-refractivity contribution is 5.64. The molecule has 0 radical (unpaired) electrons. The molecule has 1 aliphatic carbocycles. The fourth-order valence-corrected chi connectivity index (χ4v) is 7.94. The van der Waals surface area contributed by atoms with Crippen molar-refractivity contribution >= 4 is 11.4 Å². The summed E-state index contributed by atoms with van der Waals surface area (Å²) in [5.74, 6) is 0.587. The fourth-order valence-electron chi connectivity index (χ4n) is 7.94. The number of nitriles is 1. The summed E-state index contributed by atoms with van der Waals surface area (Å²) >= 11 is 0. The monoisotopic (exact) mass is 547 g/mol. The van der Waals surface area contributed by atoms with Gasteiger partial charge in [-0.15, -0.1) is 0 Å². The molecule has 2 aromatic rings. The highest BCUT2D eigenvalue weighted by atomic mass is 19.1. The standard InChI is InChI=1S/C31H38FN5O3/c32-22-15-30(7-2-10-37(30)18-22)20-39-28-14-27(36-9-3-12-38-13-11-36)24-19-40-31(16-26(24)35-28)8-1-4-21-5-6-25(34)23(17-33)29(21)31/h5-6,14,22H,1-4,7-13,15-16,18-20,34H2. The zero-order valence-electron chi connectivity index (χ0n) is 23.1. The van der Waals surface area contributed by atoms with E-state index < -0.39 is 11.8 Å². The van der Waals surface area contributed by atoms with Crippen molar-refractivity contribution in [3.63, 3.8) is 0 Å². The second kappa shape index (κ2) is 10.2. The number of pyridine rings is 1. The van der Waals surface area contributed by atoms with Crippen LogP contribution in [0.5, 0.6) is 5.88 Å². The van der Waals surface area contributed by atoms with E-state index in [0.717, 1.165) is 92.8 Å². The van der Waals surface area contributed by atoms with Crippen LogP contribution in [-0.4, -0.2) is 67.6 Å². The first-order valence-corrected chi connectivity index (χ1v) is 14.8. The normalized spacial score (nSPS) is 29.9. The summed E-state index contributed by atoms with van der Waals surface area (Å²) in [6.45, 7) is 5.40. The number of aromatic nitrogens is 1. The number of anilines is 2. The highest BCUT2D eigenvalue weighted by Gasteiger charge is 2.50. The molecule has 1 spiro atoms. The number of rotatable bonds is 4. The number of nitrogen functional groups attached to an aromatic ring is 1. The summed E-state index contributed by atoms with van der Waals surface area (Å²) in [6.07, 6.45) is 5.99. The van der Waals surface area contributed by atoms with Gasteiger partial charge in [0.1, 0.15) is 24.4 Å².